The van der Waals surface area contributed by atoms with Crippen molar-refractivity contribution in [2.75, 3.05) is 17.7 Å². The Labute approximate surface area is 211 Å². The average Bonchev–Trinajstić information content (AvgIpc) is 3.41. The van der Waals surface area contributed by atoms with E-state index in [0.717, 1.165) is 22.3 Å². The van der Waals surface area contributed by atoms with Crippen LogP contribution in [0.3, 0.4) is 0 Å². The molecule has 3 aromatic carbocycles. The number of anilines is 2. The summed E-state index contributed by atoms with van der Waals surface area (Å²) in [5.74, 6) is 2.01. The molecule has 0 spiro atoms. The first-order valence-corrected chi connectivity index (χ1v) is 11.7. The van der Waals surface area contributed by atoms with Gasteiger partial charge in [-0.15, -0.1) is 0 Å². The van der Waals surface area contributed by atoms with Crippen molar-refractivity contribution in [3.05, 3.63) is 94.6 Å². The van der Waals surface area contributed by atoms with Crippen LogP contribution in [0.25, 0.3) is 22.2 Å². The molecule has 0 saturated carbocycles. The first-order chi connectivity index (χ1) is 18.1. The van der Waals surface area contributed by atoms with Gasteiger partial charge in [-0.1, -0.05) is 35.5 Å². The molecule has 0 unspecified atom stereocenters. The lowest BCUT2D eigenvalue weighted by atomic mass is 10.1. The number of amides is 1. The van der Waals surface area contributed by atoms with Gasteiger partial charge in [0.05, 0.1) is 12.5 Å². The number of fused-ring (bicyclic) bond motifs is 1. The molecular weight excluding hydrogens is 472 g/mol. The normalized spacial score (nSPS) is 10.8. The van der Waals surface area contributed by atoms with Crippen LogP contribution in [0.4, 0.5) is 11.5 Å². The van der Waals surface area contributed by atoms with E-state index in [0.29, 0.717) is 41.6 Å². The van der Waals surface area contributed by atoms with Gasteiger partial charge in [0.2, 0.25) is 17.6 Å². The summed E-state index contributed by atoms with van der Waals surface area (Å²) in [6.07, 6.45) is 0.515. The Bertz CT molecular complexity index is 1590. The molecule has 10 nitrogen and oxygen atoms in total. The summed E-state index contributed by atoms with van der Waals surface area (Å²) in [6, 6.07) is 22.1. The molecule has 0 aliphatic heterocycles. The van der Waals surface area contributed by atoms with Crippen LogP contribution >= 0.6 is 0 Å². The molecular formula is C27H24N6O4. The minimum atomic E-state index is -0.233. The summed E-state index contributed by atoms with van der Waals surface area (Å²) >= 11 is 0. The molecule has 0 bridgehead atoms. The molecule has 3 N–H and O–H groups in total. The predicted octanol–water partition coefficient (Wildman–Crippen LogP) is 4.17. The maximum atomic E-state index is 12.5. The van der Waals surface area contributed by atoms with Crippen LogP contribution in [0.5, 0.6) is 5.75 Å². The summed E-state index contributed by atoms with van der Waals surface area (Å²) in [5, 5.41) is 18.1. The molecule has 2 aromatic heterocycles. The second kappa shape index (κ2) is 10.7. The van der Waals surface area contributed by atoms with Crippen LogP contribution in [0.15, 0.2) is 82.1 Å². The van der Waals surface area contributed by atoms with Gasteiger partial charge in [-0.25, -0.2) is 5.10 Å². The monoisotopic (exact) mass is 496 g/mol. The number of nitrogens with one attached hydrogen (secondary N) is 3. The van der Waals surface area contributed by atoms with Gasteiger partial charge in [0.1, 0.15) is 5.75 Å². The molecule has 10 heteroatoms. The molecule has 2 heterocycles. The van der Waals surface area contributed by atoms with Crippen molar-refractivity contribution >= 4 is 28.2 Å². The fourth-order valence-corrected chi connectivity index (χ4v) is 3.85. The van der Waals surface area contributed by atoms with E-state index in [-0.39, 0.29) is 17.9 Å². The van der Waals surface area contributed by atoms with Crippen LogP contribution < -0.4 is 20.9 Å². The van der Waals surface area contributed by atoms with Gasteiger partial charge in [-0.05, 0) is 48.0 Å². The van der Waals surface area contributed by atoms with E-state index < -0.39 is 0 Å². The third kappa shape index (κ3) is 5.64. The Kier molecular flexibility index (Phi) is 6.89. The zero-order chi connectivity index (χ0) is 25.6. The fraction of sp³-hybridized carbons (Fsp3) is 0.148. The standard InChI is InChI=1S/C27H24N6O4/c1-36-20-11-9-18(10-12-20)25-30-24(37-33-25)14-13-23(34)29-19-6-4-5-17(15-19)16-28-26-21-7-2-3-8-22(21)27(35)32-31-26/h2-12,15H,13-14,16H2,1H3,(H,28,31)(H,29,34)(H,32,35). The maximum absolute atomic E-state index is 12.5. The maximum Gasteiger partial charge on any atom is 0.272 e. The highest BCUT2D eigenvalue weighted by atomic mass is 16.5. The van der Waals surface area contributed by atoms with Crippen LogP contribution in [-0.4, -0.2) is 33.4 Å². The molecule has 0 saturated heterocycles. The average molecular weight is 497 g/mol. The molecule has 186 valence electrons. The summed E-state index contributed by atoms with van der Waals surface area (Å²) in [7, 11) is 1.60. The number of methoxy groups -OCH3 is 1. The number of carbonyl (C=O) groups excluding carboxylic acids is 1. The number of aryl methyl sites for hydroxylation is 1. The minimum absolute atomic E-state index is 0.164. The van der Waals surface area contributed by atoms with Crippen LogP contribution in [0.1, 0.15) is 17.9 Å². The summed E-state index contributed by atoms with van der Waals surface area (Å²) < 4.78 is 10.5. The van der Waals surface area contributed by atoms with Gasteiger partial charge in [0.25, 0.3) is 5.56 Å². The van der Waals surface area contributed by atoms with Crippen molar-refractivity contribution in [2.24, 2.45) is 0 Å². The Balaban J connectivity index is 1.16. The number of nitrogens with zero attached hydrogens (tertiary/aromatic N) is 3. The number of H-pyrrole nitrogens is 1. The van der Waals surface area contributed by atoms with Gasteiger partial charge >= 0.3 is 0 Å². The van der Waals surface area contributed by atoms with Crippen molar-refractivity contribution in [3.8, 4) is 17.1 Å². The molecule has 0 radical (unpaired) electrons. The van der Waals surface area contributed by atoms with E-state index in [1.165, 1.54) is 0 Å². The van der Waals surface area contributed by atoms with Crippen molar-refractivity contribution in [1.82, 2.24) is 20.3 Å². The first-order valence-electron chi connectivity index (χ1n) is 11.7. The summed E-state index contributed by atoms with van der Waals surface area (Å²) in [4.78, 5) is 28.9. The van der Waals surface area contributed by atoms with E-state index in [1.54, 1.807) is 13.2 Å². The predicted molar refractivity (Wildman–Crippen MR) is 139 cm³/mol. The molecule has 0 aliphatic rings. The summed E-state index contributed by atoms with van der Waals surface area (Å²) in [5.41, 5.74) is 2.18. The second-order valence-electron chi connectivity index (χ2n) is 8.29. The van der Waals surface area contributed by atoms with E-state index >= 15 is 0 Å². The van der Waals surface area contributed by atoms with E-state index in [2.05, 4.69) is 31.0 Å². The number of rotatable bonds is 9. The van der Waals surface area contributed by atoms with Crippen molar-refractivity contribution in [3.63, 3.8) is 0 Å². The van der Waals surface area contributed by atoms with Crippen LogP contribution in [0.2, 0.25) is 0 Å². The highest BCUT2D eigenvalue weighted by Gasteiger charge is 2.12. The largest absolute Gasteiger partial charge is 0.497 e. The molecule has 37 heavy (non-hydrogen) atoms. The van der Waals surface area contributed by atoms with Crippen LogP contribution in [-0.2, 0) is 17.8 Å². The number of hydrogen-bond acceptors (Lipinski definition) is 8. The lowest BCUT2D eigenvalue weighted by molar-refractivity contribution is -0.116. The highest BCUT2D eigenvalue weighted by molar-refractivity contribution is 5.91. The number of carbonyl (C=O) groups is 1. The Morgan fingerprint density at radius 3 is 2.65 bits per heavy atom. The van der Waals surface area contributed by atoms with E-state index in [1.807, 2.05) is 66.7 Å². The topological polar surface area (TPSA) is 135 Å². The highest BCUT2D eigenvalue weighted by Crippen LogP contribution is 2.21. The van der Waals surface area contributed by atoms with Gasteiger partial charge in [0, 0.05) is 36.0 Å². The molecule has 5 rings (SSSR count). The quantitative estimate of drug-likeness (QED) is 0.277. The number of aromatic amines is 1. The smallest absolute Gasteiger partial charge is 0.272 e. The fourth-order valence-electron chi connectivity index (χ4n) is 3.85. The molecule has 0 aliphatic carbocycles. The number of hydrogen-bond donors (Lipinski definition) is 3. The van der Waals surface area contributed by atoms with Crippen LogP contribution in [0, 0.1) is 0 Å². The zero-order valence-corrected chi connectivity index (χ0v) is 20.0. The van der Waals surface area contributed by atoms with E-state index in [4.69, 9.17) is 9.26 Å². The number of aromatic nitrogens is 4. The SMILES string of the molecule is COc1ccc(-c2noc(CCC(=O)Nc3cccc(CNc4n[nH]c(=O)c5ccccc45)c3)n2)cc1. The van der Waals surface area contributed by atoms with Gasteiger partial charge in [-0.3, -0.25) is 9.59 Å². The second-order valence-corrected chi connectivity index (χ2v) is 8.29. The van der Waals surface area contributed by atoms with Crippen molar-refractivity contribution in [2.45, 2.75) is 19.4 Å². The molecule has 0 atom stereocenters. The van der Waals surface area contributed by atoms with E-state index in [9.17, 15) is 9.59 Å². The first kappa shape index (κ1) is 23.7. The molecule has 5 aromatic rings. The molecule has 1 amide bonds. The Morgan fingerprint density at radius 2 is 1.84 bits per heavy atom. The third-order valence-corrected chi connectivity index (χ3v) is 5.75. The number of benzene rings is 3. The van der Waals surface area contributed by atoms with Gasteiger partial charge < -0.3 is 19.9 Å². The minimum Gasteiger partial charge on any atom is -0.497 e. The number of ether oxygens (including phenoxy) is 1. The summed E-state index contributed by atoms with van der Waals surface area (Å²) in [6.45, 7) is 0.461. The Hall–Kier alpha value is -4.99. The van der Waals surface area contributed by atoms with Crippen molar-refractivity contribution in [1.29, 1.82) is 0 Å². The van der Waals surface area contributed by atoms with Crippen molar-refractivity contribution < 1.29 is 14.1 Å². The lowest BCUT2D eigenvalue weighted by Crippen LogP contribution is -2.13. The Morgan fingerprint density at radius 1 is 1.03 bits per heavy atom. The third-order valence-electron chi connectivity index (χ3n) is 5.75. The molecule has 0 fully saturated rings. The lowest BCUT2D eigenvalue weighted by Gasteiger charge is -2.10. The van der Waals surface area contributed by atoms with Gasteiger partial charge in [0.15, 0.2) is 5.82 Å². The van der Waals surface area contributed by atoms with Gasteiger partial charge in [-0.2, -0.15) is 10.1 Å². The zero-order valence-electron chi connectivity index (χ0n) is 20.0.